The zero-order valence-electron chi connectivity index (χ0n) is 13.9. The van der Waals surface area contributed by atoms with Gasteiger partial charge in [0.25, 0.3) is 0 Å². The van der Waals surface area contributed by atoms with Gasteiger partial charge >= 0.3 is 6.09 Å². The van der Waals surface area contributed by atoms with E-state index in [1.165, 1.54) is 10.5 Å². The number of hydrogen-bond donors (Lipinski definition) is 2. The summed E-state index contributed by atoms with van der Waals surface area (Å²) in [5.74, 6) is 0.119. The van der Waals surface area contributed by atoms with Gasteiger partial charge in [0, 0.05) is 30.1 Å². The van der Waals surface area contributed by atoms with E-state index in [1.54, 1.807) is 0 Å². The fourth-order valence-corrected chi connectivity index (χ4v) is 4.25. The van der Waals surface area contributed by atoms with E-state index in [9.17, 15) is 9.90 Å². The molecule has 1 amide bonds. The molecule has 0 bridgehead atoms. The van der Waals surface area contributed by atoms with Crippen LogP contribution in [0.2, 0.25) is 0 Å². The Kier molecular flexibility index (Phi) is 3.51. The van der Waals surface area contributed by atoms with Crippen LogP contribution in [0.1, 0.15) is 26.3 Å². The molecular formula is C19H24N2O2. The van der Waals surface area contributed by atoms with Gasteiger partial charge in [-0.2, -0.15) is 0 Å². The summed E-state index contributed by atoms with van der Waals surface area (Å²) < 4.78 is 0. The monoisotopic (exact) mass is 312 g/mol. The maximum atomic E-state index is 11.5. The van der Waals surface area contributed by atoms with Gasteiger partial charge in [-0.1, -0.05) is 51.1 Å². The molecule has 1 heterocycles. The highest BCUT2D eigenvalue weighted by Crippen LogP contribution is 2.54. The first-order chi connectivity index (χ1) is 10.8. The molecule has 1 aromatic carbocycles. The summed E-state index contributed by atoms with van der Waals surface area (Å²) in [6.45, 7) is 7.57. The van der Waals surface area contributed by atoms with Crippen LogP contribution in [0.3, 0.4) is 0 Å². The van der Waals surface area contributed by atoms with Crippen LogP contribution in [-0.4, -0.2) is 29.2 Å². The molecule has 122 valence electrons. The third-order valence-corrected chi connectivity index (χ3v) is 5.28. The largest absolute Gasteiger partial charge is 0.465 e. The smallest absolute Gasteiger partial charge is 0.407 e. The summed E-state index contributed by atoms with van der Waals surface area (Å²) in [6.07, 6.45) is 3.23. The Bertz CT molecular complexity index is 685. The highest BCUT2D eigenvalue weighted by molar-refractivity contribution is 5.67. The Morgan fingerprint density at radius 1 is 1.30 bits per heavy atom. The molecule has 23 heavy (non-hydrogen) atoms. The van der Waals surface area contributed by atoms with Gasteiger partial charge in [-0.05, 0) is 28.7 Å². The second kappa shape index (κ2) is 5.15. The summed E-state index contributed by atoms with van der Waals surface area (Å²) in [5, 5.41) is 9.42. The Labute approximate surface area is 137 Å². The first-order valence-electron chi connectivity index (χ1n) is 7.98. The molecule has 2 unspecified atom stereocenters. The maximum absolute atomic E-state index is 11.5. The number of amides is 1. The van der Waals surface area contributed by atoms with Gasteiger partial charge in [-0.3, -0.25) is 0 Å². The Morgan fingerprint density at radius 2 is 1.96 bits per heavy atom. The van der Waals surface area contributed by atoms with E-state index in [0.29, 0.717) is 13.1 Å². The van der Waals surface area contributed by atoms with Crippen molar-refractivity contribution >= 4 is 6.09 Å². The molecule has 2 atom stereocenters. The SMILES string of the molecule is CC(C)(C)C1(c2ccccc2)C=C(N)C=C2CN(C(=O)O)CC21. The molecule has 1 aliphatic carbocycles. The van der Waals surface area contributed by atoms with Crippen LogP contribution in [0.25, 0.3) is 0 Å². The van der Waals surface area contributed by atoms with Gasteiger partial charge in [-0.25, -0.2) is 4.79 Å². The number of allylic oxidation sites excluding steroid dienone is 2. The predicted molar refractivity (Wildman–Crippen MR) is 91.0 cm³/mol. The lowest BCUT2D eigenvalue weighted by molar-refractivity contribution is 0.137. The molecule has 1 aromatic rings. The standard InChI is InChI=1S/C19H24N2O2/c1-18(2,3)19(14-7-5-4-6-8-14)10-15(20)9-13-11-21(17(22)23)12-16(13)19/h4-10,16H,11-12,20H2,1-3H3,(H,22,23). The number of rotatable bonds is 1. The zero-order valence-corrected chi connectivity index (χ0v) is 13.9. The number of hydrogen-bond acceptors (Lipinski definition) is 2. The number of carbonyl (C=O) groups is 1. The van der Waals surface area contributed by atoms with E-state index in [-0.39, 0.29) is 16.7 Å². The van der Waals surface area contributed by atoms with Crippen molar-refractivity contribution in [3.63, 3.8) is 0 Å². The van der Waals surface area contributed by atoms with E-state index < -0.39 is 6.09 Å². The molecule has 3 rings (SSSR count). The molecule has 3 N–H and O–H groups in total. The third kappa shape index (κ3) is 2.33. The molecule has 0 spiro atoms. The summed E-state index contributed by atoms with van der Waals surface area (Å²) in [6, 6.07) is 10.3. The fraction of sp³-hybridized carbons (Fsp3) is 0.421. The number of carboxylic acid groups (broad SMARTS) is 1. The number of likely N-dealkylation sites (tertiary alicyclic amines) is 1. The number of nitrogens with zero attached hydrogens (tertiary/aromatic N) is 1. The zero-order chi connectivity index (χ0) is 16.8. The van der Waals surface area contributed by atoms with Crippen LogP contribution < -0.4 is 5.73 Å². The highest BCUT2D eigenvalue weighted by atomic mass is 16.4. The summed E-state index contributed by atoms with van der Waals surface area (Å²) in [4.78, 5) is 13.0. The molecule has 0 radical (unpaired) electrons. The lowest BCUT2D eigenvalue weighted by Crippen LogP contribution is -2.48. The van der Waals surface area contributed by atoms with E-state index in [2.05, 4.69) is 39.0 Å². The van der Waals surface area contributed by atoms with Crippen LogP contribution >= 0.6 is 0 Å². The maximum Gasteiger partial charge on any atom is 0.407 e. The normalized spacial score (nSPS) is 27.3. The quantitative estimate of drug-likeness (QED) is 0.835. The van der Waals surface area contributed by atoms with Crippen molar-refractivity contribution in [3.8, 4) is 0 Å². The lowest BCUT2D eigenvalue weighted by Gasteiger charge is -2.49. The van der Waals surface area contributed by atoms with Gasteiger partial charge < -0.3 is 15.7 Å². The molecular weight excluding hydrogens is 288 g/mol. The lowest BCUT2D eigenvalue weighted by atomic mass is 9.53. The second-order valence-corrected chi connectivity index (χ2v) is 7.56. The van der Waals surface area contributed by atoms with E-state index in [4.69, 9.17) is 5.73 Å². The highest BCUT2D eigenvalue weighted by Gasteiger charge is 2.53. The Hall–Kier alpha value is -2.23. The molecule has 4 heteroatoms. The van der Waals surface area contributed by atoms with Gasteiger partial charge in [-0.15, -0.1) is 0 Å². The fourth-order valence-electron chi connectivity index (χ4n) is 4.25. The number of nitrogens with two attached hydrogens (primary N) is 1. The summed E-state index contributed by atoms with van der Waals surface area (Å²) >= 11 is 0. The van der Waals surface area contributed by atoms with Crippen LogP contribution in [0.4, 0.5) is 4.79 Å². The van der Waals surface area contributed by atoms with Gasteiger partial charge in [0.05, 0.1) is 0 Å². The molecule has 1 saturated heterocycles. The van der Waals surface area contributed by atoms with Crippen LogP contribution in [0.15, 0.2) is 53.8 Å². The van der Waals surface area contributed by atoms with Crippen molar-refractivity contribution in [2.75, 3.05) is 13.1 Å². The average Bonchev–Trinajstić information content (AvgIpc) is 2.90. The van der Waals surface area contributed by atoms with Crippen molar-refractivity contribution in [3.05, 3.63) is 59.3 Å². The predicted octanol–water partition coefficient (Wildman–Crippen LogP) is 3.36. The topological polar surface area (TPSA) is 66.6 Å². The van der Waals surface area contributed by atoms with Crippen LogP contribution in [0.5, 0.6) is 0 Å². The van der Waals surface area contributed by atoms with Crippen molar-refractivity contribution in [1.82, 2.24) is 4.90 Å². The summed E-state index contributed by atoms with van der Waals surface area (Å²) in [5.41, 5.74) is 8.86. The van der Waals surface area contributed by atoms with Crippen LogP contribution in [-0.2, 0) is 5.41 Å². The van der Waals surface area contributed by atoms with E-state index >= 15 is 0 Å². The molecule has 1 fully saturated rings. The Balaban J connectivity index is 2.20. The van der Waals surface area contributed by atoms with Gasteiger partial charge in [0.15, 0.2) is 0 Å². The third-order valence-electron chi connectivity index (χ3n) is 5.28. The molecule has 1 aliphatic heterocycles. The second-order valence-electron chi connectivity index (χ2n) is 7.56. The Morgan fingerprint density at radius 3 is 2.52 bits per heavy atom. The minimum Gasteiger partial charge on any atom is -0.465 e. The number of benzene rings is 1. The van der Waals surface area contributed by atoms with Gasteiger partial charge in [0.2, 0.25) is 0 Å². The van der Waals surface area contributed by atoms with E-state index in [1.807, 2.05) is 24.3 Å². The van der Waals surface area contributed by atoms with Crippen molar-refractivity contribution in [1.29, 1.82) is 0 Å². The van der Waals surface area contributed by atoms with Crippen LogP contribution in [0, 0.1) is 11.3 Å². The molecule has 2 aliphatic rings. The van der Waals surface area contributed by atoms with E-state index in [0.717, 1.165) is 11.3 Å². The first-order valence-corrected chi connectivity index (χ1v) is 7.98. The first kappa shape index (κ1) is 15.7. The van der Waals surface area contributed by atoms with Crippen molar-refractivity contribution < 1.29 is 9.90 Å². The average molecular weight is 312 g/mol. The van der Waals surface area contributed by atoms with Crippen molar-refractivity contribution in [2.45, 2.75) is 26.2 Å². The molecule has 4 nitrogen and oxygen atoms in total. The van der Waals surface area contributed by atoms with Gasteiger partial charge in [0.1, 0.15) is 0 Å². The summed E-state index contributed by atoms with van der Waals surface area (Å²) in [7, 11) is 0. The minimum absolute atomic E-state index is 0.0995. The molecule has 0 aromatic heterocycles. The number of fused-ring (bicyclic) bond motifs is 1. The minimum atomic E-state index is -0.866. The van der Waals surface area contributed by atoms with Crippen molar-refractivity contribution in [2.24, 2.45) is 17.1 Å². The molecule has 0 saturated carbocycles.